The molecule has 106 valence electrons. The van der Waals surface area contributed by atoms with Gasteiger partial charge in [0.05, 0.1) is 5.92 Å². The molecule has 5 heteroatoms. The van der Waals surface area contributed by atoms with Gasteiger partial charge in [0.25, 0.3) is 0 Å². The van der Waals surface area contributed by atoms with Crippen molar-refractivity contribution in [3.05, 3.63) is 11.7 Å². The normalized spacial score (nSPS) is 26.9. The minimum absolute atomic E-state index is 0.249. The fourth-order valence-electron chi connectivity index (χ4n) is 2.54. The van der Waals surface area contributed by atoms with Crippen LogP contribution in [0.1, 0.15) is 70.0 Å². The van der Waals surface area contributed by atoms with Crippen molar-refractivity contribution < 1.29 is 14.4 Å². The van der Waals surface area contributed by atoms with Crippen molar-refractivity contribution in [2.24, 2.45) is 11.8 Å². The molecule has 0 amide bonds. The van der Waals surface area contributed by atoms with Crippen molar-refractivity contribution in [2.45, 2.75) is 58.3 Å². The van der Waals surface area contributed by atoms with E-state index in [1.165, 1.54) is 12.8 Å². The SMILES string of the molecule is CC1CCC(c2noc(C(C)C(C)C(=O)O)n2)CC1. The summed E-state index contributed by atoms with van der Waals surface area (Å²) in [5, 5.41) is 13.1. The van der Waals surface area contributed by atoms with Gasteiger partial charge in [-0.3, -0.25) is 4.79 Å². The molecule has 1 aromatic rings. The third-order valence-corrected chi connectivity index (χ3v) is 4.37. The Hall–Kier alpha value is -1.39. The fourth-order valence-corrected chi connectivity index (χ4v) is 2.54. The molecule has 1 saturated carbocycles. The Bertz CT molecular complexity index is 436. The van der Waals surface area contributed by atoms with Gasteiger partial charge >= 0.3 is 5.97 Å². The molecule has 1 fully saturated rings. The number of rotatable bonds is 4. The molecule has 0 bridgehead atoms. The average molecular weight is 266 g/mol. The molecule has 0 aromatic carbocycles. The summed E-state index contributed by atoms with van der Waals surface area (Å²) in [4.78, 5) is 15.4. The van der Waals surface area contributed by atoms with Crippen LogP contribution in [-0.2, 0) is 4.79 Å². The Kier molecular flexibility index (Phi) is 4.22. The molecule has 0 aliphatic heterocycles. The van der Waals surface area contributed by atoms with Gasteiger partial charge in [0.2, 0.25) is 5.89 Å². The zero-order chi connectivity index (χ0) is 14.0. The first kappa shape index (κ1) is 14.0. The van der Waals surface area contributed by atoms with Crippen molar-refractivity contribution in [1.29, 1.82) is 0 Å². The molecule has 1 aromatic heterocycles. The van der Waals surface area contributed by atoms with E-state index >= 15 is 0 Å². The van der Waals surface area contributed by atoms with E-state index in [1.807, 2.05) is 6.92 Å². The second-order valence-corrected chi connectivity index (χ2v) is 5.86. The molecule has 5 nitrogen and oxygen atoms in total. The monoisotopic (exact) mass is 266 g/mol. The molecule has 0 radical (unpaired) electrons. The fraction of sp³-hybridized carbons (Fsp3) is 0.786. The molecule has 1 N–H and O–H groups in total. The summed E-state index contributed by atoms with van der Waals surface area (Å²) in [6.07, 6.45) is 4.61. The van der Waals surface area contributed by atoms with Crippen molar-refractivity contribution in [3.8, 4) is 0 Å². The summed E-state index contributed by atoms with van der Waals surface area (Å²) in [6, 6.07) is 0. The van der Waals surface area contributed by atoms with Crippen LogP contribution < -0.4 is 0 Å². The molecule has 1 aliphatic rings. The number of carboxylic acids is 1. The zero-order valence-corrected chi connectivity index (χ0v) is 11.8. The van der Waals surface area contributed by atoms with Crippen LogP contribution in [0.25, 0.3) is 0 Å². The van der Waals surface area contributed by atoms with E-state index in [-0.39, 0.29) is 5.92 Å². The molecule has 2 unspecified atom stereocenters. The Morgan fingerprint density at radius 1 is 1.32 bits per heavy atom. The van der Waals surface area contributed by atoms with Gasteiger partial charge in [0.1, 0.15) is 0 Å². The van der Waals surface area contributed by atoms with Crippen LogP contribution in [0.2, 0.25) is 0 Å². The number of hydrogen-bond donors (Lipinski definition) is 1. The van der Waals surface area contributed by atoms with E-state index in [9.17, 15) is 4.79 Å². The highest BCUT2D eigenvalue weighted by molar-refractivity contribution is 5.70. The van der Waals surface area contributed by atoms with E-state index in [0.29, 0.717) is 11.8 Å². The number of aromatic nitrogens is 2. The number of hydrogen-bond acceptors (Lipinski definition) is 4. The van der Waals surface area contributed by atoms with Crippen LogP contribution in [0.3, 0.4) is 0 Å². The van der Waals surface area contributed by atoms with Crippen LogP contribution in [0, 0.1) is 11.8 Å². The van der Waals surface area contributed by atoms with Gasteiger partial charge < -0.3 is 9.63 Å². The minimum atomic E-state index is -0.834. The standard InChI is InChI=1S/C14H22N2O3/c1-8-4-6-11(7-5-8)12-15-13(19-16-12)9(2)10(3)14(17)18/h8-11H,4-7H2,1-3H3,(H,17,18). The van der Waals surface area contributed by atoms with Crippen LogP contribution in [0.5, 0.6) is 0 Å². The Morgan fingerprint density at radius 3 is 2.53 bits per heavy atom. The number of carboxylic acid groups (broad SMARTS) is 1. The summed E-state index contributed by atoms with van der Waals surface area (Å²) in [5.74, 6) is 0.768. The van der Waals surface area contributed by atoms with Gasteiger partial charge in [-0.2, -0.15) is 4.98 Å². The summed E-state index contributed by atoms with van der Waals surface area (Å²) in [6.45, 7) is 5.76. The lowest BCUT2D eigenvalue weighted by molar-refractivity contribution is -0.141. The van der Waals surface area contributed by atoms with Crippen LogP contribution >= 0.6 is 0 Å². The quantitative estimate of drug-likeness (QED) is 0.905. The molecule has 1 heterocycles. The van der Waals surface area contributed by atoms with Gasteiger partial charge in [0, 0.05) is 11.8 Å². The van der Waals surface area contributed by atoms with Crippen molar-refractivity contribution in [3.63, 3.8) is 0 Å². The van der Waals surface area contributed by atoms with E-state index in [0.717, 1.165) is 24.6 Å². The second kappa shape index (κ2) is 5.72. The molecule has 0 spiro atoms. The van der Waals surface area contributed by atoms with Gasteiger partial charge in [-0.1, -0.05) is 38.8 Å². The molecule has 0 saturated heterocycles. The Morgan fingerprint density at radius 2 is 1.95 bits per heavy atom. The van der Waals surface area contributed by atoms with Crippen LogP contribution in [-0.4, -0.2) is 21.2 Å². The molecular formula is C14H22N2O3. The maximum Gasteiger partial charge on any atom is 0.307 e. The second-order valence-electron chi connectivity index (χ2n) is 5.86. The average Bonchev–Trinajstić information content (AvgIpc) is 2.87. The van der Waals surface area contributed by atoms with E-state index in [2.05, 4.69) is 17.1 Å². The molecule has 2 rings (SSSR count). The highest BCUT2D eigenvalue weighted by Crippen LogP contribution is 2.35. The number of carbonyl (C=O) groups is 1. The van der Waals surface area contributed by atoms with Gasteiger partial charge in [-0.25, -0.2) is 0 Å². The first-order valence-electron chi connectivity index (χ1n) is 7.05. The third-order valence-electron chi connectivity index (χ3n) is 4.37. The largest absolute Gasteiger partial charge is 0.481 e. The lowest BCUT2D eigenvalue weighted by Crippen LogP contribution is -2.17. The Labute approximate surface area is 113 Å². The van der Waals surface area contributed by atoms with Gasteiger partial charge in [0.15, 0.2) is 5.82 Å². The van der Waals surface area contributed by atoms with Crippen molar-refractivity contribution in [2.75, 3.05) is 0 Å². The first-order valence-corrected chi connectivity index (χ1v) is 7.05. The van der Waals surface area contributed by atoms with Crippen molar-refractivity contribution >= 4 is 5.97 Å². The summed E-state index contributed by atoms with van der Waals surface area (Å²) >= 11 is 0. The lowest BCUT2D eigenvalue weighted by atomic mass is 9.83. The smallest absolute Gasteiger partial charge is 0.307 e. The molecule has 2 atom stereocenters. The van der Waals surface area contributed by atoms with Crippen molar-refractivity contribution in [1.82, 2.24) is 10.1 Å². The highest BCUT2D eigenvalue weighted by Gasteiger charge is 2.28. The maximum absolute atomic E-state index is 11.0. The van der Waals surface area contributed by atoms with E-state index < -0.39 is 11.9 Å². The van der Waals surface area contributed by atoms with Crippen LogP contribution in [0.4, 0.5) is 0 Å². The molecule has 19 heavy (non-hydrogen) atoms. The molecule has 1 aliphatic carbocycles. The minimum Gasteiger partial charge on any atom is -0.481 e. The third kappa shape index (κ3) is 3.14. The van der Waals surface area contributed by atoms with Gasteiger partial charge in [-0.15, -0.1) is 0 Å². The zero-order valence-electron chi connectivity index (χ0n) is 11.8. The summed E-state index contributed by atoms with van der Waals surface area (Å²) in [5.41, 5.74) is 0. The lowest BCUT2D eigenvalue weighted by Gasteiger charge is -2.23. The Balaban J connectivity index is 2.04. The van der Waals surface area contributed by atoms with Gasteiger partial charge in [-0.05, 0) is 18.8 Å². The van der Waals surface area contributed by atoms with E-state index in [1.54, 1.807) is 6.92 Å². The number of nitrogens with zero attached hydrogens (tertiary/aromatic N) is 2. The van der Waals surface area contributed by atoms with E-state index in [4.69, 9.17) is 9.63 Å². The molecular weight excluding hydrogens is 244 g/mol. The highest BCUT2D eigenvalue weighted by atomic mass is 16.5. The van der Waals surface area contributed by atoms with Crippen LogP contribution in [0.15, 0.2) is 4.52 Å². The predicted molar refractivity (Wildman–Crippen MR) is 69.9 cm³/mol. The topological polar surface area (TPSA) is 76.2 Å². The predicted octanol–water partition coefficient (Wildman–Crippen LogP) is 3.19. The summed E-state index contributed by atoms with van der Waals surface area (Å²) < 4.78 is 5.25. The number of aliphatic carboxylic acids is 1. The first-order chi connectivity index (χ1) is 8.99. The maximum atomic E-state index is 11.0. The summed E-state index contributed by atoms with van der Waals surface area (Å²) in [7, 11) is 0.